The third-order valence-corrected chi connectivity index (χ3v) is 5.07. The van der Waals surface area contributed by atoms with Crippen LogP contribution < -0.4 is 5.32 Å². The van der Waals surface area contributed by atoms with Gasteiger partial charge in [-0.05, 0) is 35.4 Å². The van der Waals surface area contributed by atoms with Crippen LogP contribution in [0.5, 0.6) is 0 Å². The van der Waals surface area contributed by atoms with Crippen LogP contribution in [0.1, 0.15) is 34.8 Å². The van der Waals surface area contributed by atoms with Gasteiger partial charge in [0.1, 0.15) is 5.76 Å². The van der Waals surface area contributed by atoms with E-state index in [1.54, 1.807) is 24.4 Å². The molecule has 4 nitrogen and oxygen atoms in total. The Bertz CT molecular complexity index is 1150. The number of halogens is 3. The molecule has 2 aromatic carbocycles. The van der Waals surface area contributed by atoms with Crippen LogP contribution in [0.25, 0.3) is 10.9 Å². The van der Waals surface area contributed by atoms with E-state index in [1.165, 1.54) is 18.4 Å². The van der Waals surface area contributed by atoms with Crippen LogP contribution in [-0.4, -0.2) is 10.9 Å². The first-order chi connectivity index (χ1) is 14.4. The van der Waals surface area contributed by atoms with Gasteiger partial charge in [0.25, 0.3) is 0 Å². The van der Waals surface area contributed by atoms with Crippen LogP contribution in [-0.2, 0) is 17.5 Å². The van der Waals surface area contributed by atoms with E-state index in [0.29, 0.717) is 11.3 Å². The summed E-state index contributed by atoms with van der Waals surface area (Å²) in [5.74, 6) is -0.558. The molecule has 0 saturated heterocycles. The Labute approximate surface area is 170 Å². The van der Waals surface area contributed by atoms with Crippen molar-refractivity contribution < 1.29 is 22.4 Å². The molecule has 0 fully saturated rings. The number of benzene rings is 2. The first-order valence-electron chi connectivity index (χ1n) is 9.44. The highest BCUT2D eigenvalue weighted by Crippen LogP contribution is 2.40. The summed E-state index contributed by atoms with van der Waals surface area (Å²) in [4.78, 5) is 15.8. The van der Waals surface area contributed by atoms with Gasteiger partial charge in [-0.15, -0.1) is 0 Å². The molecule has 0 saturated carbocycles. The van der Waals surface area contributed by atoms with Gasteiger partial charge in [0.15, 0.2) is 0 Å². The predicted molar refractivity (Wildman–Crippen MR) is 107 cm³/mol. The average molecular weight is 412 g/mol. The Morgan fingerprint density at radius 2 is 1.77 bits per heavy atom. The van der Waals surface area contributed by atoms with Crippen molar-refractivity contribution in [3.05, 3.63) is 95.6 Å². The second kappa shape index (κ2) is 8.10. The van der Waals surface area contributed by atoms with Crippen molar-refractivity contribution in [2.24, 2.45) is 0 Å². The fourth-order valence-electron chi connectivity index (χ4n) is 3.69. The van der Waals surface area contributed by atoms with E-state index in [9.17, 15) is 18.0 Å². The summed E-state index contributed by atoms with van der Waals surface area (Å²) in [5.41, 5.74) is 0.787. The van der Waals surface area contributed by atoms with Crippen LogP contribution >= 0.6 is 0 Å². The molecule has 2 N–H and O–H groups in total. The van der Waals surface area contributed by atoms with E-state index in [4.69, 9.17) is 4.42 Å². The maximum atomic E-state index is 13.7. The normalized spacial score (nSPS) is 12.8. The van der Waals surface area contributed by atoms with Crippen molar-refractivity contribution in [1.29, 1.82) is 0 Å². The van der Waals surface area contributed by atoms with Gasteiger partial charge in [-0.25, -0.2) is 0 Å². The van der Waals surface area contributed by atoms with E-state index in [0.717, 1.165) is 17.0 Å². The standard InChI is InChI=1S/C23H19F3N2O2/c24-23(25,26)20-9-3-1-7-16(20)18(12-22(29)28-13-15-6-5-11-30-15)19-14-27-21-10-4-2-8-17(19)21/h1-11,14,18,27H,12-13H2,(H,28,29). The molecule has 30 heavy (non-hydrogen) atoms. The number of carbonyl (C=O) groups excluding carboxylic acids is 1. The number of hydrogen-bond donors (Lipinski definition) is 2. The lowest BCUT2D eigenvalue weighted by Gasteiger charge is -2.21. The maximum Gasteiger partial charge on any atom is 0.416 e. The van der Waals surface area contributed by atoms with Gasteiger partial charge >= 0.3 is 6.18 Å². The molecule has 7 heteroatoms. The average Bonchev–Trinajstić information content (AvgIpc) is 3.40. The van der Waals surface area contributed by atoms with Gasteiger partial charge in [0.2, 0.25) is 5.91 Å². The topological polar surface area (TPSA) is 58.0 Å². The summed E-state index contributed by atoms with van der Waals surface area (Å²) in [7, 11) is 0. The highest BCUT2D eigenvalue weighted by atomic mass is 19.4. The van der Waals surface area contributed by atoms with E-state index in [-0.39, 0.29) is 24.4 Å². The summed E-state index contributed by atoms with van der Waals surface area (Å²) in [6.45, 7) is 0.174. The number of furan rings is 1. The molecule has 154 valence electrons. The van der Waals surface area contributed by atoms with Crippen LogP contribution in [0.3, 0.4) is 0 Å². The molecular formula is C23H19F3N2O2. The molecule has 0 radical (unpaired) electrons. The van der Waals surface area contributed by atoms with Crippen molar-refractivity contribution in [1.82, 2.24) is 10.3 Å². The van der Waals surface area contributed by atoms with E-state index >= 15 is 0 Å². The molecule has 4 rings (SSSR count). The van der Waals surface area contributed by atoms with Gasteiger partial charge in [-0.2, -0.15) is 13.2 Å². The molecule has 0 spiro atoms. The number of fused-ring (bicyclic) bond motifs is 1. The number of carbonyl (C=O) groups is 1. The third kappa shape index (κ3) is 4.10. The Morgan fingerprint density at radius 3 is 2.53 bits per heavy atom. The molecule has 4 aromatic rings. The summed E-state index contributed by atoms with van der Waals surface area (Å²) in [6.07, 6.45) is -1.47. The second-order valence-electron chi connectivity index (χ2n) is 6.99. The lowest BCUT2D eigenvalue weighted by molar-refractivity contribution is -0.138. The molecule has 1 unspecified atom stereocenters. The number of aromatic amines is 1. The second-order valence-corrected chi connectivity index (χ2v) is 6.99. The van der Waals surface area contributed by atoms with Crippen molar-refractivity contribution in [3.63, 3.8) is 0 Å². The van der Waals surface area contributed by atoms with E-state index < -0.39 is 17.7 Å². The number of rotatable bonds is 6. The van der Waals surface area contributed by atoms with Crippen molar-refractivity contribution in [2.45, 2.75) is 25.1 Å². The quantitative estimate of drug-likeness (QED) is 0.432. The van der Waals surface area contributed by atoms with Gasteiger partial charge in [-0.1, -0.05) is 36.4 Å². The number of alkyl halides is 3. The van der Waals surface area contributed by atoms with Gasteiger partial charge in [0.05, 0.1) is 18.4 Å². The van der Waals surface area contributed by atoms with Gasteiger partial charge in [-0.3, -0.25) is 4.79 Å². The molecule has 1 amide bonds. The van der Waals surface area contributed by atoms with E-state index in [2.05, 4.69) is 10.3 Å². The zero-order valence-corrected chi connectivity index (χ0v) is 15.9. The molecule has 0 aliphatic rings. The van der Waals surface area contributed by atoms with Crippen molar-refractivity contribution in [3.8, 4) is 0 Å². The Hall–Kier alpha value is -3.48. The molecular weight excluding hydrogens is 393 g/mol. The van der Waals surface area contributed by atoms with Crippen LogP contribution in [0.15, 0.2) is 77.5 Å². The lowest BCUT2D eigenvalue weighted by Crippen LogP contribution is -2.25. The monoisotopic (exact) mass is 412 g/mol. The summed E-state index contributed by atoms with van der Waals surface area (Å²) >= 11 is 0. The van der Waals surface area contributed by atoms with Crippen LogP contribution in [0, 0.1) is 0 Å². The Balaban J connectivity index is 1.72. The number of H-pyrrole nitrogens is 1. The van der Waals surface area contributed by atoms with Crippen molar-refractivity contribution >= 4 is 16.8 Å². The number of hydrogen-bond acceptors (Lipinski definition) is 2. The fraction of sp³-hybridized carbons (Fsp3) is 0.174. The maximum absolute atomic E-state index is 13.7. The Kier molecular flexibility index (Phi) is 5.35. The number of amides is 1. The molecule has 0 aliphatic carbocycles. The van der Waals surface area contributed by atoms with E-state index in [1.807, 2.05) is 24.3 Å². The summed E-state index contributed by atoms with van der Waals surface area (Å²) in [5, 5.41) is 3.52. The molecule has 0 aliphatic heterocycles. The first kappa shape index (κ1) is 19.8. The lowest BCUT2D eigenvalue weighted by atomic mass is 9.85. The van der Waals surface area contributed by atoms with Crippen LogP contribution in [0.4, 0.5) is 13.2 Å². The highest BCUT2D eigenvalue weighted by molar-refractivity contribution is 5.86. The fourth-order valence-corrected chi connectivity index (χ4v) is 3.69. The number of para-hydroxylation sites is 1. The minimum atomic E-state index is -4.52. The van der Waals surface area contributed by atoms with Crippen molar-refractivity contribution in [2.75, 3.05) is 0 Å². The molecule has 0 bridgehead atoms. The molecule has 1 atom stereocenters. The zero-order valence-electron chi connectivity index (χ0n) is 15.9. The first-order valence-corrected chi connectivity index (χ1v) is 9.44. The minimum absolute atomic E-state index is 0.0721. The largest absolute Gasteiger partial charge is 0.467 e. The summed E-state index contributed by atoms with van der Waals surface area (Å²) in [6, 6.07) is 16.2. The molecule has 2 aromatic heterocycles. The molecule has 2 heterocycles. The SMILES string of the molecule is O=C(CC(c1ccccc1C(F)(F)F)c1c[nH]c2ccccc12)NCc1ccco1. The zero-order chi connectivity index (χ0) is 21.1. The van der Waals surface area contributed by atoms with Gasteiger partial charge in [0, 0.05) is 29.4 Å². The Morgan fingerprint density at radius 1 is 1.00 bits per heavy atom. The number of aromatic nitrogens is 1. The minimum Gasteiger partial charge on any atom is -0.467 e. The van der Waals surface area contributed by atoms with Crippen LogP contribution in [0.2, 0.25) is 0 Å². The smallest absolute Gasteiger partial charge is 0.416 e. The summed E-state index contributed by atoms with van der Waals surface area (Å²) < 4.78 is 46.3. The highest BCUT2D eigenvalue weighted by Gasteiger charge is 2.36. The van der Waals surface area contributed by atoms with Gasteiger partial charge < -0.3 is 14.7 Å². The third-order valence-electron chi connectivity index (χ3n) is 5.07. The predicted octanol–water partition coefficient (Wildman–Crippen LogP) is 5.62. The number of nitrogens with one attached hydrogen (secondary N) is 2.